The molecule has 0 spiro atoms. The van der Waals surface area contributed by atoms with E-state index in [0.717, 1.165) is 38.7 Å². The first-order chi connectivity index (χ1) is 33.2. The third kappa shape index (κ3) is 15.4. The second-order valence-electron chi connectivity index (χ2n) is 15.6. The molecule has 356 valence electrons. The van der Waals surface area contributed by atoms with E-state index in [0.29, 0.717) is 18.8 Å². The molecule has 0 aliphatic rings. The zero-order valence-corrected chi connectivity index (χ0v) is 38.8. The molecule has 7 N–H and O–H groups in total. The Morgan fingerprint density at radius 2 is 0.855 bits per heavy atom. The topological polar surface area (TPSA) is 237 Å². The number of carboxylic acid groups (broad SMARTS) is 2. The molecular formula is C52H51N5O10S2. The average Bonchev–Trinajstić information content (AvgIpc) is 3.36. The van der Waals surface area contributed by atoms with E-state index in [4.69, 9.17) is 0 Å². The number of carbonyl (C=O) groups is 4. The quantitative estimate of drug-likeness (QED) is 0.0344. The molecule has 0 fully saturated rings. The maximum absolute atomic E-state index is 12.8. The van der Waals surface area contributed by atoms with Crippen LogP contribution in [-0.4, -0.2) is 76.0 Å². The molecule has 2 amide bonds. The average molecular weight is 970 g/mol. The van der Waals surface area contributed by atoms with Gasteiger partial charge < -0.3 is 26.2 Å². The molecule has 2 atom stereocenters. The van der Waals surface area contributed by atoms with Crippen LogP contribution in [0.3, 0.4) is 0 Å². The standard InChI is InChI=1S/C27H24N2O5S.C25H27N3O5S/c30-26(28-23-13-10-20-8-4-5-9-22(20)18-23)17-16-25(27(31)32)29-35(33,34)24-14-11-21(12-15-24)19-6-2-1-3-7-19;29-24(27-18-17-26-21-9-5-2-6-10-21)16-15-23(25(30)31)28-34(32,33)22-13-11-20(12-14-22)19-7-3-1-4-8-19/h1-15,18,25,29H,16-17H2,(H,28,30)(H,31,32);1-14,23,26,28H,15-18H2,(H,27,29)(H,30,31). The van der Waals surface area contributed by atoms with Crippen molar-refractivity contribution in [3.05, 3.63) is 182 Å². The lowest BCUT2D eigenvalue weighted by atomic mass is 10.1. The smallest absolute Gasteiger partial charge is 0.321 e. The lowest BCUT2D eigenvalue weighted by Crippen LogP contribution is -2.41. The van der Waals surface area contributed by atoms with Gasteiger partial charge in [-0.15, -0.1) is 0 Å². The van der Waals surface area contributed by atoms with Crippen LogP contribution in [0.5, 0.6) is 0 Å². The van der Waals surface area contributed by atoms with Crippen LogP contribution in [0.4, 0.5) is 11.4 Å². The largest absolute Gasteiger partial charge is 0.480 e. The number of aliphatic carboxylic acids is 2. The summed E-state index contributed by atoms with van der Waals surface area (Å²) >= 11 is 0. The van der Waals surface area contributed by atoms with E-state index in [1.165, 1.54) is 24.3 Å². The van der Waals surface area contributed by atoms with Crippen molar-refractivity contribution in [2.45, 2.75) is 47.6 Å². The molecule has 7 rings (SSSR count). The summed E-state index contributed by atoms with van der Waals surface area (Å²) in [6.45, 7) is 0.856. The van der Waals surface area contributed by atoms with Gasteiger partial charge in [-0.2, -0.15) is 9.44 Å². The fourth-order valence-electron chi connectivity index (χ4n) is 6.99. The number of carbonyl (C=O) groups excluding carboxylic acids is 2. The predicted octanol–water partition coefficient (Wildman–Crippen LogP) is 7.75. The first-order valence-corrected chi connectivity index (χ1v) is 24.8. The van der Waals surface area contributed by atoms with Gasteiger partial charge in [0, 0.05) is 37.3 Å². The second-order valence-corrected chi connectivity index (χ2v) is 19.1. The Morgan fingerprint density at radius 3 is 1.33 bits per heavy atom. The first-order valence-electron chi connectivity index (χ1n) is 21.8. The zero-order valence-electron chi connectivity index (χ0n) is 37.2. The highest BCUT2D eigenvalue weighted by Gasteiger charge is 2.27. The van der Waals surface area contributed by atoms with Gasteiger partial charge in [0.2, 0.25) is 31.9 Å². The highest BCUT2D eigenvalue weighted by atomic mass is 32.2. The minimum absolute atomic E-state index is 0.0464. The number of amides is 2. The molecule has 0 saturated carbocycles. The lowest BCUT2D eigenvalue weighted by molar-refractivity contribution is -0.140. The van der Waals surface area contributed by atoms with Crippen molar-refractivity contribution in [2.75, 3.05) is 23.7 Å². The van der Waals surface area contributed by atoms with Crippen LogP contribution >= 0.6 is 0 Å². The van der Waals surface area contributed by atoms with Crippen molar-refractivity contribution >= 4 is 65.9 Å². The number of para-hydroxylation sites is 1. The van der Waals surface area contributed by atoms with Crippen molar-refractivity contribution < 1.29 is 46.2 Å². The lowest BCUT2D eigenvalue weighted by Gasteiger charge is -2.15. The van der Waals surface area contributed by atoms with Gasteiger partial charge in [0.25, 0.3) is 0 Å². The van der Waals surface area contributed by atoms with Crippen LogP contribution < -0.4 is 25.4 Å². The van der Waals surface area contributed by atoms with E-state index in [1.807, 2.05) is 127 Å². The van der Waals surface area contributed by atoms with E-state index in [2.05, 4.69) is 25.4 Å². The van der Waals surface area contributed by atoms with Crippen molar-refractivity contribution in [1.29, 1.82) is 0 Å². The van der Waals surface area contributed by atoms with Crippen LogP contribution in [-0.2, 0) is 39.2 Å². The summed E-state index contributed by atoms with van der Waals surface area (Å²) in [6.07, 6.45) is -0.665. The third-order valence-electron chi connectivity index (χ3n) is 10.6. The van der Waals surface area contributed by atoms with Crippen LogP contribution in [0, 0.1) is 0 Å². The Bertz CT molecular complexity index is 3050. The highest BCUT2D eigenvalue weighted by molar-refractivity contribution is 7.89. The number of benzene rings is 7. The van der Waals surface area contributed by atoms with E-state index < -0.39 is 50.0 Å². The maximum atomic E-state index is 12.8. The van der Waals surface area contributed by atoms with Gasteiger partial charge in [-0.1, -0.05) is 133 Å². The summed E-state index contributed by atoms with van der Waals surface area (Å²) in [5.41, 5.74) is 5.06. The zero-order chi connectivity index (χ0) is 49.2. The monoisotopic (exact) mass is 969 g/mol. The van der Waals surface area contributed by atoms with Gasteiger partial charge in [0.15, 0.2) is 0 Å². The predicted molar refractivity (Wildman–Crippen MR) is 266 cm³/mol. The summed E-state index contributed by atoms with van der Waals surface area (Å²) in [5.74, 6) is -3.46. The molecular weight excluding hydrogens is 919 g/mol. The third-order valence-corrected chi connectivity index (χ3v) is 13.6. The number of sulfonamides is 2. The first kappa shape index (κ1) is 50.7. The summed E-state index contributed by atoms with van der Waals surface area (Å²) < 4.78 is 55.4. The number of carboxylic acids is 2. The number of nitrogens with one attached hydrogen (secondary N) is 5. The summed E-state index contributed by atoms with van der Waals surface area (Å²) in [7, 11) is -8.17. The number of hydrogen-bond donors (Lipinski definition) is 7. The fourth-order valence-corrected chi connectivity index (χ4v) is 9.43. The molecule has 0 heterocycles. The molecule has 0 aromatic heterocycles. The SMILES string of the molecule is O=C(CCC(NS(=O)(=O)c1ccc(-c2ccccc2)cc1)C(=O)O)NCCNc1ccccc1.O=C(CCC(NS(=O)(=O)c1ccc(-c2ccccc2)cc1)C(=O)O)Nc1ccc2ccccc2c1. The molecule has 15 nitrogen and oxygen atoms in total. The minimum Gasteiger partial charge on any atom is -0.480 e. The van der Waals surface area contributed by atoms with Crippen LogP contribution in [0.15, 0.2) is 192 Å². The number of rotatable bonds is 21. The molecule has 0 bridgehead atoms. The van der Waals surface area contributed by atoms with Crippen molar-refractivity contribution in [1.82, 2.24) is 14.8 Å². The number of anilines is 2. The van der Waals surface area contributed by atoms with Crippen LogP contribution in [0.25, 0.3) is 33.0 Å². The van der Waals surface area contributed by atoms with Crippen molar-refractivity contribution in [3.63, 3.8) is 0 Å². The summed E-state index contributed by atoms with van der Waals surface area (Å²) in [6, 6.07) is 51.1. The van der Waals surface area contributed by atoms with Gasteiger partial charge in [0.1, 0.15) is 12.1 Å². The molecule has 0 radical (unpaired) electrons. The van der Waals surface area contributed by atoms with Crippen LogP contribution in [0.1, 0.15) is 25.7 Å². The Hall–Kier alpha value is -7.70. The highest BCUT2D eigenvalue weighted by Crippen LogP contribution is 2.24. The molecule has 0 aliphatic carbocycles. The summed E-state index contributed by atoms with van der Waals surface area (Å²) in [4.78, 5) is 47.7. The number of hydrogen-bond acceptors (Lipinski definition) is 9. The van der Waals surface area contributed by atoms with Gasteiger partial charge in [0.05, 0.1) is 9.79 Å². The van der Waals surface area contributed by atoms with E-state index in [1.54, 1.807) is 30.3 Å². The van der Waals surface area contributed by atoms with Crippen molar-refractivity contribution in [3.8, 4) is 22.3 Å². The summed E-state index contributed by atoms with van der Waals surface area (Å²) in [5, 5.41) is 29.6. The van der Waals surface area contributed by atoms with Crippen LogP contribution in [0.2, 0.25) is 0 Å². The second kappa shape index (κ2) is 24.4. The molecule has 17 heteroatoms. The Labute approximate surface area is 400 Å². The molecule has 0 saturated heterocycles. The van der Waals surface area contributed by atoms with Gasteiger partial charge in [-0.05, 0) is 94.4 Å². The molecule has 7 aromatic carbocycles. The Morgan fingerprint density at radius 1 is 0.435 bits per heavy atom. The van der Waals surface area contributed by atoms with E-state index >= 15 is 0 Å². The Kier molecular flexibility index (Phi) is 17.9. The maximum Gasteiger partial charge on any atom is 0.321 e. The molecule has 2 unspecified atom stereocenters. The molecule has 0 aliphatic heterocycles. The Balaban J connectivity index is 0.000000227. The van der Waals surface area contributed by atoms with Gasteiger partial charge in [-0.3, -0.25) is 19.2 Å². The fraction of sp³-hybridized carbons (Fsp3) is 0.154. The van der Waals surface area contributed by atoms with Gasteiger partial charge >= 0.3 is 11.9 Å². The minimum atomic E-state index is -4.10. The number of fused-ring (bicyclic) bond motifs is 1. The van der Waals surface area contributed by atoms with E-state index in [9.17, 15) is 46.2 Å². The van der Waals surface area contributed by atoms with E-state index in [-0.39, 0.29) is 41.4 Å². The molecule has 69 heavy (non-hydrogen) atoms. The normalized spacial score (nSPS) is 12.1. The van der Waals surface area contributed by atoms with Gasteiger partial charge in [-0.25, -0.2) is 16.8 Å². The molecule has 7 aromatic rings. The van der Waals surface area contributed by atoms with Crippen molar-refractivity contribution in [2.24, 2.45) is 0 Å².